The lowest BCUT2D eigenvalue weighted by Gasteiger charge is -2.18. The van der Waals surface area contributed by atoms with E-state index in [1.54, 1.807) is 0 Å². The van der Waals surface area contributed by atoms with Gasteiger partial charge in [0.2, 0.25) is 15.9 Å². The minimum atomic E-state index is -4.13. The number of benzene rings is 1. The van der Waals surface area contributed by atoms with E-state index in [9.17, 15) is 22.7 Å². The van der Waals surface area contributed by atoms with Crippen LogP contribution < -0.4 is 15.4 Å². The van der Waals surface area contributed by atoms with E-state index in [1.165, 1.54) is 19.1 Å². The molecule has 0 saturated carbocycles. The lowest BCUT2D eigenvalue weighted by molar-refractivity contribution is -0.122. The maximum absolute atomic E-state index is 13.6. The fourth-order valence-corrected chi connectivity index (χ4v) is 3.61. The van der Waals surface area contributed by atoms with Crippen molar-refractivity contribution in [2.24, 2.45) is 5.92 Å². The fraction of sp³-hybridized carbons (Fsp3) is 0.500. The molecule has 2 rings (SSSR count). The topological polar surface area (TPSA) is 108 Å². The van der Waals surface area contributed by atoms with Crippen molar-refractivity contribution in [2.45, 2.75) is 24.0 Å². The summed E-state index contributed by atoms with van der Waals surface area (Å²) in [4.78, 5) is 11.5. The first kappa shape index (κ1) is 17.8. The quantitative estimate of drug-likeness (QED) is 0.539. The third kappa shape index (κ3) is 4.47. The molecular formula is C14H20FN3O4S. The van der Waals surface area contributed by atoms with Gasteiger partial charge in [-0.25, -0.2) is 12.8 Å². The van der Waals surface area contributed by atoms with Crippen LogP contribution in [0.15, 0.2) is 29.2 Å². The van der Waals surface area contributed by atoms with E-state index in [0.717, 1.165) is 12.1 Å². The van der Waals surface area contributed by atoms with E-state index in [0.29, 0.717) is 13.1 Å². The van der Waals surface area contributed by atoms with Gasteiger partial charge in [-0.1, -0.05) is 12.1 Å². The van der Waals surface area contributed by atoms with Crippen molar-refractivity contribution in [1.29, 1.82) is 0 Å². The normalized spacial score (nSPS) is 22.7. The summed E-state index contributed by atoms with van der Waals surface area (Å²) < 4.78 is 39.9. The molecule has 0 radical (unpaired) electrons. The molecule has 3 unspecified atom stereocenters. The predicted molar refractivity (Wildman–Crippen MR) is 81.6 cm³/mol. The van der Waals surface area contributed by atoms with Gasteiger partial charge in [-0.05, 0) is 19.1 Å². The van der Waals surface area contributed by atoms with Crippen LogP contribution in [0.4, 0.5) is 4.39 Å². The first-order valence-electron chi connectivity index (χ1n) is 7.24. The number of hydrogen-bond donors (Lipinski definition) is 4. The van der Waals surface area contributed by atoms with E-state index in [4.69, 9.17) is 0 Å². The van der Waals surface area contributed by atoms with E-state index in [1.807, 2.05) is 0 Å². The molecule has 0 spiro atoms. The second-order valence-corrected chi connectivity index (χ2v) is 7.19. The van der Waals surface area contributed by atoms with E-state index >= 15 is 0 Å². The summed E-state index contributed by atoms with van der Waals surface area (Å²) in [5.41, 5.74) is 0. The summed E-state index contributed by atoms with van der Waals surface area (Å²) in [7, 11) is -4.13. The van der Waals surface area contributed by atoms with Gasteiger partial charge < -0.3 is 15.7 Å². The van der Waals surface area contributed by atoms with Crippen molar-refractivity contribution in [3.8, 4) is 0 Å². The van der Waals surface area contributed by atoms with Crippen molar-refractivity contribution in [2.75, 3.05) is 19.6 Å². The number of hydrogen-bond acceptors (Lipinski definition) is 5. The second-order valence-electron chi connectivity index (χ2n) is 5.50. The third-order valence-corrected chi connectivity index (χ3v) is 5.27. The summed E-state index contributed by atoms with van der Waals surface area (Å²) >= 11 is 0. The monoisotopic (exact) mass is 345 g/mol. The first-order chi connectivity index (χ1) is 10.8. The lowest BCUT2D eigenvalue weighted by Crippen LogP contribution is -2.46. The van der Waals surface area contributed by atoms with Crippen molar-refractivity contribution in [1.82, 2.24) is 15.4 Å². The van der Waals surface area contributed by atoms with Crippen LogP contribution in [0.25, 0.3) is 0 Å². The number of amides is 1. The Hall–Kier alpha value is -1.55. The standard InChI is InChI=1S/C14H20FN3O4S/c1-9(14(20)17-7-10-6-16-8-12(10)19)18-23(21,22)13-5-3-2-4-11(13)15/h2-5,9-10,12,16,18-19H,6-8H2,1H3,(H,17,20). The minimum absolute atomic E-state index is 0.116. The van der Waals surface area contributed by atoms with Gasteiger partial charge in [-0.2, -0.15) is 4.72 Å². The summed E-state index contributed by atoms with van der Waals surface area (Å²) in [5, 5.41) is 15.2. The van der Waals surface area contributed by atoms with E-state index in [-0.39, 0.29) is 12.5 Å². The number of carbonyl (C=O) groups is 1. The third-order valence-electron chi connectivity index (χ3n) is 3.69. The second kappa shape index (κ2) is 7.35. The summed E-state index contributed by atoms with van der Waals surface area (Å²) in [6, 6.07) is 3.88. The van der Waals surface area contributed by atoms with Crippen LogP contribution in [-0.2, 0) is 14.8 Å². The molecule has 0 aromatic heterocycles. The van der Waals surface area contributed by atoms with Crippen molar-refractivity contribution < 1.29 is 22.7 Å². The first-order valence-corrected chi connectivity index (χ1v) is 8.73. The van der Waals surface area contributed by atoms with Crippen LogP contribution in [-0.4, -0.2) is 51.2 Å². The molecule has 1 aliphatic rings. The largest absolute Gasteiger partial charge is 0.391 e. The van der Waals surface area contributed by atoms with Gasteiger partial charge in [-0.15, -0.1) is 0 Å². The lowest BCUT2D eigenvalue weighted by atomic mass is 10.1. The fourth-order valence-electron chi connectivity index (χ4n) is 2.32. The molecule has 1 heterocycles. The summed E-state index contributed by atoms with van der Waals surface area (Å²) in [6.07, 6.45) is -0.541. The van der Waals surface area contributed by atoms with Gasteiger partial charge in [0.15, 0.2) is 0 Å². The molecule has 128 valence electrons. The van der Waals surface area contributed by atoms with E-state index < -0.39 is 38.8 Å². The highest BCUT2D eigenvalue weighted by Gasteiger charge is 2.27. The molecule has 4 N–H and O–H groups in total. The smallest absolute Gasteiger partial charge is 0.244 e. The highest BCUT2D eigenvalue weighted by molar-refractivity contribution is 7.89. The van der Waals surface area contributed by atoms with Gasteiger partial charge >= 0.3 is 0 Å². The summed E-state index contributed by atoms with van der Waals surface area (Å²) in [5.74, 6) is -1.54. The zero-order valence-corrected chi connectivity index (χ0v) is 13.4. The SMILES string of the molecule is CC(NS(=O)(=O)c1ccccc1F)C(=O)NCC1CNCC1O. The number of sulfonamides is 1. The Bertz CT molecular complexity index is 668. The van der Waals surface area contributed by atoms with Crippen molar-refractivity contribution >= 4 is 15.9 Å². The zero-order chi connectivity index (χ0) is 17.0. The molecule has 0 bridgehead atoms. The Morgan fingerprint density at radius 3 is 2.74 bits per heavy atom. The van der Waals surface area contributed by atoms with Gasteiger partial charge in [0.1, 0.15) is 10.7 Å². The van der Waals surface area contributed by atoms with Gasteiger partial charge in [0, 0.05) is 25.6 Å². The highest BCUT2D eigenvalue weighted by Crippen LogP contribution is 2.13. The molecule has 1 aromatic carbocycles. The van der Waals surface area contributed by atoms with E-state index in [2.05, 4.69) is 15.4 Å². The molecule has 1 saturated heterocycles. The Kier molecular flexibility index (Phi) is 5.69. The molecule has 1 aromatic rings. The summed E-state index contributed by atoms with van der Waals surface area (Å²) in [6.45, 7) is 2.66. The maximum atomic E-state index is 13.6. The van der Waals surface area contributed by atoms with Gasteiger partial charge in [-0.3, -0.25) is 4.79 Å². The van der Waals surface area contributed by atoms with Crippen LogP contribution in [0.3, 0.4) is 0 Å². The molecule has 3 atom stereocenters. The molecule has 0 aliphatic carbocycles. The number of carbonyl (C=O) groups excluding carboxylic acids is 1. The van der Waals surface area contributed by atoms with Gasteiger partial charge in [0.25, 0.3) is 0 Å². The average molecular weight is 345 g/mol. The van der Waals surface area contributed by atoms with Crippen molar-refractivity contribution in [3.05, 3.63) is 30.1 Å². The Morgan fingerprint density at radius 1 is 1.43 bits per heavy atom. The molecule has 1 fully saturated rings. The Labute approximate surface area is 134 Å². The number of nitrogens with one attached hydrogen (secondary N) is 3. The molecular weight excluding hydrogens is 325 g/mol. The van der Waals surface area contributed by atoms with Crippen LogP contribution in [0.1, 0.15) is 6.92 Å². The zero-order valence-electron chi connectivity index (χ0n) is 12.6. The number of rotatable bonds is 6. The average Bonchev–Trinajstić information content (AvgIpc) is 2.89. The minimum Gasteiger partial charge on any atom is -0.391 e. The molecule has 1 amide bonds. The number of halogens is 1. The molecule has 1 aliphatic heterocycles. The number of aliphatic hydroxyl groups excluding tert-OH is 1. The molecule has 7 nitrogen and oxygen atoms in total. The maximum Gasteiger partial charge on any atom is 0.244 e. The van der Waals surface area contributed by atoms with Crippen LogP contribution in [0.2, 0.25) is 0 Å². The van der Waals surface area contributed by atoms with Crippen molar-refractivity contribution in [3.63, 3.8) is 0 Å². The molecule has 23 heavy (non-hydrogen) atoms. The Morgan fingerprint density at radius 2 is 2.13 bits per heavy atom. The van der Waals surface area contributed by atoms with Gasteiger partial charge in [0.05, 0.1) is 12.1 Å². The number of aliphatic hydroxyl groups is 1. The van der Waals surface area contributed by atoms with Crippen LogP contribution in [0.5, 0.6) is 0 Å². The number of β-amino-alcohol motifs (C(OH)–C–C–N with tert-alkyl or cyclic N) is 1. The highest BCUT2D eigenvalue weighted by atomic mass is 32.2. The van der Waals surface area contributed by atoms with Crippen LogP contribution >= 0.6 is 0 Å². The Balaban J connectivity index is 1.93. The van der Waals surface area contributed by atoms with Crippen LogP contribution in [0, 0.1) is 11.7 Å². The predicted octanol–water partition coefficient (Wildman–Crippen LogP) is -0.811. The molecule has 9 heteroatoms.